The molecule has 68 valence electrons. The summed E-state index contributed by atoms with van der Waals surface area (Å²) in [5, 5.41) is 3.77. The minimum atomic E-state index is 0.714. The van der Waals surface area contributed by atoms with E-state index in [9.17, 15) is 0 Å². The Balaban J connectivity index is 2.42. The third kappa shape index (κ3) is 1.47. The van der Waals surface area contributed by atoms with E-state index in [-0.39, 0.29) is 0 Å². The second-order valence-corrected chi connectivity index (χ2v) is 3.46. The molecule has 5 heteroatoms. The van der Waals surface area contributed by atoms with Gasteiger partial charge in [0.15, 0.2) is 5.11 Å². The molecule has 0 aliphatic carbocycles. The Morgan fingerprint density at radius 3 is 3.15 bits per heavy atom. The van der Waals surface area contributed by atoms with E-state index in [0.29, 0.717) is 5.11 Å². The van der Waals surface area contributed by atoms with Gasteiger partial charge in [0.25, 0.3) is 0 Å². The number of anilines is 1. The molecule has 0 amide bonds. The summed E-state index contributed by atoms with van der Waals surface area (Å²) in [7, 11) is 1.94. The summed E-state index contributed by atoms with van der Waals surface area (Å²) < 4.78 is 0. The average Bonchev–Trinajstić information content (AvgIpc) is 2.08. The highest BCUT2D eigenvalue weighted by atomic mass is 32.1. The molecule has 0 spiro atoms. The van der Waals surface area contributed by atoms with Crippen LogP contribution in [0.15, 0.2) is 6.20 Å². The first-order valence-electron chi connectivity index (χ1n) is 4.01. The lowest BCUT2D eigenvalue weighted by molar-refractivity contribution is 0.498. The molecule has 0 aromatic carbocycles. The monoisotopic (exact) mass is 194 g/mol. The van der Waals surface area contributed by atoms with Gasteiger partial charge in [-0.3, -0.25) is 0 Å². The molecule has 2 heterocycles. The van der Waals surface area contributed by atoms with Crippen LogP contribution >= 0.6 is 12.2 Å². The molecule has 0 atom stereocenters. The van der Waals surface area contributed by atoms with Gasteiger partial charge in [-0.2, -0.15) is 0 Å². The van der Waals surface area contributed by atoms with Gasteiger partial charge >= 0.3 is 0 Å². The van der Waals surface area contributed by atoms with E-state index in [0.717, 1.165) is 23.8 Å². The number of nitrogens with zero attached hydrogens (tertiary/aromatic N) is 3. The van der Waals surface area contributed by atoms with Crippen LogP contribution < -0.4 is 5.32 Å². The van der Waals surface area contributed by atoms with E-state index in [1.165, 1.54) is 0 Å². The fourth-order valence-corrected chi connectivity index (χ4v) is 1.40. The molecule has 0 unspecified atom stereocenters. The van der Waals surface area contributed by atoms with Gasteiger partial charge in [0.05, 0.1) is 0 Å². The Bertz CT molecular complexity index is 363. The van der Waals surface area contributed by atoms with Crippen LogP contribution in [0.4, 0.5) is 5.82 Å². The third-order valence-corrected chi connectivity index (χ3v) is 2.38. The first-order chi connectivity index (χ1) is 6.16. The molecule has 0 radical (unpaired) electrons. The maximum atomic E-state index is 5.10. The number of aromatic nitrogens is 2. The molecule has 1 aliphatic heterocycles. The highest BCUT2D eigenvalue weighted by Crippen LogP contribution is 2.18. The van der Waals surface area contributed by atoms with Gasteiger partial charge in [0.1, 0.15) is 11.6 Å². The molecular weight excluding hydrogens is 184 g/mol. The zero-order valence-electron chi connectivity index (χ0n) is 7.53. The van der Waals surface area contributed by atoms with Crippen LogP contribution in [-0.2, 0) is 6.54 Å². The minimum absolute atomic E-state index is 0.714. The zero-order chi connectivity index (χ0) is 9.42. The third-order valence-electron chi connectivity index (χ3n) is 1.96. The Kier molecular flexibility index (Phi) is 1.88. The molecule has 1 aromatic rings. The number of aryl methyl sites for hydroxylation is 1. The van der Waals surface area contributed by atoms with Crippen LogP contribution in [0, 0.1) is 6.92 Å². The second kappa shape index (κ2) is 2.92. The summed E-state index contributed by atoms with van der Waals surface area (Å²) in [6, 6.07) is 0. The Morgan fingerprint density at radius 2 is 2.38 bits per heavy atom. The molecule has 1 aromatic heterocycles. The number of hydrogen-bond donors (Lipinski definition) is 1. The lowest BCUT2D eigenvalue weighted by Gasteiger charge is -2.27. The van der Waals surface area contributed by atoms with Crippen LogP contribution in [0.2, 0.25) is 0 Å². The van der Waals surface area contributed by atoms with Crippen molar-refractivity contribution in [2.24, 2.45) is 0 Å². The maximum absolute atomic E-state index is 5.10. The number of thiocarbonyl (C=S) groups is 1. The van der Waals surface area contributed by atoms with E-state index in [1.807, 2.05) is 25.1 Å². The van der Waals surface area contributed by atoms with Crippen molar-refractivity contribution in [1.29, 1.82) is 0 Å². The molecule has 0 saturated heterocycles. The summed E-state index contributed by atoms with van der Waals surface area (Å²) >= 11 is 5.10. The molecule has 4 nitrogen and oxygen atoms in total. The fraction of sp³-hybridized carbons (Fsp3) is 0.375. The van der Waals surface area contributed by atoms with Crippen LogP contribution in [0.5, 0.6) is 0 Å². The number of nitrogens with one attached hydrogen (secondary N) is 1. The van der Waals surface area contributed by atoms with E-state index in [1.54, 1.807) is 0 Å². The Morgan fingerprint density at radius 1 is 1.62 bits per heavy atom. The van der Waals surface area contributed by atoms with E-state index < -0.39 is 0 Å². The summed E-state index contributed by atoms with van der Waals surface area (Å²) in [5.41, 5.74) is 1.08. The normalized spacial score (nSPS) is 15.2. The van der Waals surface area contributed by atoms with Crippen molar-refractivity contribution in [3.8, 4) is 0 Å². The van der Waals surface area contributed by atoms with Crippen molar-refractivity contribution in [2.75, 3.05) is 12.4 Å². The molecule has 0 fully saturated rings. The van der Waals surface area contributed by atoms with Gasteiger partial charge in [-0.25, -0.2) is 9.97 Å². The highest BCUT2D eigenvalue weighted by Gasteiger charge is 2.17. The Labute approximate surface area is 82.0 Å². The average molecular weight is 194 g/mol. The van der Waals surface area contributed by atoms with E-state index >= 15 is 0 Å². The van der Waals surface area contributed by atoms with Crippen molar-refractivity contribution in [2.45, 2.75) is 13.5 Å². The van der Waals surface area contributed by atoms with E-state index in [2.05, 4.69) is 15.3 Å². The lowest BCUT2D eigenvalue weighted by Crippen LogP contribution is -2.35. The lowest BCUT2D eigenvalue weighted by atomic mass is 10.2. The standard InChI is InChI=1S/C8H10N4S/c1-5-9-3-6-4-12(2)8(13)11-7(6)10-5/h3H,4H2,1-2H3,(H,9,10,11,13). The first-order valence-corrected chi connectivity index (χ1v) is 4.42. The van der Waals surface area contributed by atoms with Gasteiger partial charge in [0, 0.05) is 25.4 Å². The highest BCUT2D eigenvalue weighted by molar-refractivity contribution is 7.80. The van der Waals surface area contributed by atoms with Gasteiger partial charge < -0.3 is 10.2 Å². The molecule has 13 heavy (non-hydrogen) atoms. The zero-order valence-corrected chi connectivity index (χ0v) is 8.35. The van der Waals surface area contributed by atoms with Gasteiger partial charge in [-0.15, -0.1) is 0 Å². The van der Waals surface area contributed by atoms with Gasteiger partial charge in [-0.1, -0.05) is 0 Å². The molecule has 1 aliphatic rings. The van der Waals surface area contributed by atoms with Crippen LogP contribution in [-0.4, -0.2) is 27.0 Å². The van der Waals surface area contributed by atoms with Crippen LogP contribution in [0.25, 0.3) is 0 Å². The molecule has 0 saturated carbocycles. The summed E-state index contributed by atoms with van der Waals surface area (Å²) in [4.78, 5) is 10.3. The van der Waals surface area contributed by atoms with Crippen molar-refractivity contribution in [3.63, 3.8) is 0 Å². The SMILES string of the molecule is Cc1ncc2c(n1)NC(=S)N(C)C2. The maximum Gasteiger partial charge on any atom is 0.174 e. The van der Waals surface area contributed by atoms with Gasteiger partial charge in [-0.05, 0) is 19.1 Å². The molecule has 0 bridgehead atoms. The summed E-state index contributed by atoms with van der Waals surface area (Å²) in [6.07, 6.45) is 1.84. The van der Waals surface area contributed by atoms with Crippen molar-refractivity contribution < 1.29 is 0 Å². The van der Waals surface area contributed by atoms with Crippen LogP contribution in [0.1, 0.15) is 11.4 Å². The predicted molar refractivity (Wildman–Crippen MR) is 54.5 cm³/mol. The Hall–Kier alpha value is -1.23. The molecule has 1 N–H and O–H groups in total. The van der Waals surface area contributed by atoms with Crippen molar-refractivity contribution in [1.82, 2.24) is 14.9 Å². The largest absolute Gasteiger partial charge is 0.348 e. The number of rotatable bonds is 0. The quantitative estimate of drug-likeness (QED) is 0.622. The number of fused-ring (bicyclic) bond motifs is 1. The fourth-order valence-electron chi connectivity index (χ4n) is 1.24. The predicted octanol–water partition coefficient (Wildman–Crippen LogP) is 0.927. The first kappa shape index (κ1) is 8.37. The second-order valence-electron chi connectivity index (χ2n) is 3.08. The molecular formula is C8H10N4S. The minimum Gasteiger partial charge on any atom is -0.348 e. The van der Waals surface area contributed by atoms with Gasteiger partial charge in [0.2, 0.25) is 0 Å². The van der Waals surface area contributed by atoms with E-state index in [4.69, 9.17) is 12.2 Å². The van der Waals surface area contributed by atoms with Crippen LogP contribution in [0.3, 0.4) is 0 Å². The summed E-state index contributed by atoms with van der Waals surface area (Å²) in [6.45, 7) is 2.64. The molecule has 2 rings (SSSR count). The van der Waals surface area contributed by atoms with Crippen molar-refractivity contribution in [3.05, 3.63) is 17.6 Å². The topological polar surface area (TPSA) is 41.1 Å². The van der Waals surface area contributed by atoms with Crippen molar-refractivity contribution >= 4 is 23.1 Å². The number of hydrogen-bond acceptors (Lipinski definition) is 3. The summed E-state index contributed by atoms with van der Waals surface area (Å²) in [5.74, 6) is 1.61. The smallest absolute Gasteiger partial charge is 0.174 e.